The molecule has 2 unspecified atom stereocenters. The molecule has 170 valence electrons. The van der Waals surface area contributed by atoms with Crippen LogP contribution in [0.1, 0.15) is 32.3 Å². The van der Waals surface area contributed by atoms with Gasteiger partial charge in [-0.05, 0) is 38.3 Å². The van der Waals surface area contributed by atoms with Gasteiger partial charge in [-0.2, -0.15) is 8.78 Å². The van der Waals surface area contributed by atoms with Crippen molar-refractivity contribution in [3.05, 3.63) is 17.7 Å². The summed E-state index contributed by atoms with van der Waals surface area (Å²) in [6.07, 6.45) is 2.52. The maximum Gasteiger partial charge on any atom is 0.387 e. The lowest BCUT2D eigenvalue weighted by Gasteiger charge is -2.35. The maximum atomic E-state index is 12.8. The summed E-state index contributed by atoms with van der Waals surface area (Å²) in [7, 11) is 1.68. The zero-order valence-electron chi connectivity index (χ0n) is 17.6. The summed E-state index contributed by atoms with van der Waals surface area (Å²) < 4.78 is 40.8. The Labute approximate surface area is 193 Å². The van der Waals surface area contributed by atoms with E-state index < -0.39 is 6.61 Å². The Balaban J connectivity index is 0.00000320. The molecule has 0 aliphatic carbocycles. The van der Waals surface area contributed by atoms with Crippen LogP contribution in [-0.2, 0) is 6.54 Å². The lowest BCUT2D eigenvalue weighted by atomic mass is 9.99. The fourth-order valence-electron chi connectivity index (χ4n) is 3.71. The summed E-state index contributed by atoms with van der Waals surface area (Å²) in [5.74, 6) is 2.30. The number of nitrogens with zero attached hydrogens (tertiary/aromatic N) is 2. The summed E-state index contributed by atoms with van der Waals surface area (Å²) in [4.78, 5) is 6.72. The highest BCUT2D eigenvalue weighted by atomic mass is 127. The predicted octanol–water partition coefficient (Wildman–Crippen LogP) is 3.42. The number of benzene rings is 1. The third-order valence-electron chi connectivity index (χ3n) is 5.32. The van der Waals surface area contributed by atoms with E-state index in [1.807, 2.05) is 0 Å². The normalized spacial score (nSPS) is 19.9. The van der Waals surface area contributed by atoms with Crippen LogP contribution in [0.25, 0.3) is 0 Å². The average Bonchev–Trinajstić information content (AvgIpc) is 3.14. The monoisotopic (exact) mass is 540 g/mol. The molecule has 0 amide bonds. The Morgan fingerprint density at radius 1 is 1.30 bits per heavy atom. The summed E-state index contributed by atoms with van der Waals surface area (Å²) in [5, 5.41) is 6.47. The molecule has 3 rings (SSSR count). The van der Waals surface area contributed by atoms with Crippen molar-refractivity contribution < 1.29 is 23.0 Å². The molecule has 2 N–H and O–H groups in total. The minimum atomic E-state index is -2.92. The number of fused-ring (bicyclic) bond motifs is 1. The van der Waals surface area contributed by atoms with Gasteiger partial charge < -0.3 is 24.8 Å². The van der Waals surface area contributed by atoms with Crippen LogP contribution in [0.3, 0.4) is 0 Å². The zero-order chi connectivity index (χ0) is 20.8. The molecule has 1 fully saturated rings. The van der Waals surface area contributed by atoms with E-state index in [9.17, 15) is 8.78 Å². The smallest absolute Gasteiger partial charge is 0.387 e. The molecular weight excluding hydrogens is 509 g/mol. The van der Waals surface area contributed by atoms with E-state index in [-0.39, 0.29) is 43.1 Å². The molecule has 0 bridgehead atoms. The van der Waals surface area contributed by atoms with Gasteiger partial charge in [-0.15, -0.1) is 24.0 Å². The summed E-state index contributed by atoms with van der Waals surface area (Å²) in [6, 6.07) is 3.46. The second kappa shape index (κ2) is 11.7. The van der Waals surface area contributed by atoms with Gasteiger partial charge in [-0.3, -0.25) is 9.89 Å². The van der Waals surface area contributed by atoms with Gasteiger partial charge in [0.15, 0.2) is 17.5 Å². The number of hydrogen-bond donors (Lipinski definition) is 2. The highest BCUT2D eigenvalue weighted by molar-refractivity contribution is 14.0. The van der Waals surface area contributed by atoms with Crippen LogP contribution in [0.4, 0.5) is 8.78 Å². The van der Waals surface area contributed by atoms with Gasteiger partial charge in [0.25, 0.3) is 0 Å². The number of rotatable bonds is 7. The molecule has 2 aliphatic rings. The Kier molecular flexibility index (Phi) is 9.66. The van der Waals surface area contributed by atoms with Gasteiger partial charge in [0.05, 0.1) is 0 Å². The number of alkyl halides is 2. The minimum absolute atomic E-state index is 0. The molecular formula is C20H31F2IN4O3. The molecule has 2 heterocycles. The first kappa shape index (κ1) is 24.7. The molecule has 10 heteroatoms. The summed E-state index contributed by atoms with van der Waals surface area (Å²) >= 11 is 0. The third kappa shape index (κ3) is 6.73. The van der Waals surface area contributed by atoms with Gasteiger partial charge in [0.2, 0.25) is 6.79 Å². The number of nitrogens with one attached hydrogen (secondary N) is 2. The number of halogens is 3. The fraction of sp³-hybridized carbons (Fsp3) is 0.650. The summed E-state index contributed by atoms with van der Waals surface area (Å²) in [5.41, 5.74) is 0.537. The molecule has 2 aliphatic heterocycles. The van der Waals surface area contributed by atoms with E-state index in [2.05, 4.69) is 39.1 Å². The maximum absolute atomic E-state index is 12.8. The molecule has 0 aromatic heterocycles. The van der Waals surface area contributed by atoms with Crippen LogP contribution >= 0.6 is 24.0 Å². The number of likely N-dealkylation sites (tertiary alicyclic amines) is 1. The molecule has 2 atom stereocenters. The highest BCUT2D eigenvalue weighted by Crippen LogP contribution is 2.38. The SMILES string of the molecule is CN=C(NCc1cc2c(cc1OC(F)F)OCO2)NCC(C)N1CCCC(C)C1.I. The standard InChI is InChI=1S/C20H30F2N4O3.HI/c1-13-5-4-6-26(11-13)14(2)9-24-20(23-3)25-10-15-7-17-18(28-12-27-17)8-16(15)29-19(21)22;/h7-8,13-14,19H,4-6,9-12H2,1-3H3,(H2,23,24,25);1H. The van der Waals surface area contributed by atoms with E-state index in [0.717, 1.165) is 25.6 Å². The molecule has 1 aromatic rings. The molecule has 30 heavy (non-hydrogen) atoms. The van der Waals surface area contributed by atoms with E-state index in [0.29, 0.717) is 29.1 Å². The lowest BCUT2D eigenvalue weighted by molar-refractivity contribution is -0.0505. The number of guanidine groups is 1. The number of hydrogen-bond acceptors (Lipinski definition) is 5. The highest BCUT2D eigenvalue weighted by Gasteiger charge is 2.22. The Bertz CT molecular complexity index is 724. The fourth-order valence-corrected chi connectivity index (χ4v) is 3.71. The predicted molar refractivity (Wildman–Crippen MR) is 122 cm³/mol. The van der Waals surface area contributed by atoms with E-state index >= 15 is 0 Å². The second-order valence-corrected chi connectivity index (χ2v) is 7.59. The first-order valence-electron chi connectivity index (χ1n) is 10.0. The quantitative estimate of drug-likeness (QED) is 0.314. The second-order valence-electron chi connectivity index (χ2n) is 7.59. The van der Waals surface area contributed by atoms with Crippen LogP contribution in [0.5, 0.6) is 17.2 Å². The van der Waals surface area contributed by atoms with E-state index in [4.69, 9.17) is 9.47 Å². The van der Waals surface area contributed by atoms with Gasteiger partial charge in [-0.1, -0.05) is 6.92 Å². The zero-order valence-corrected chi connectivity index (χ0v) is 20.0. The first-order valence-corrected chi connectivity index (χ1v) is 10.0. The third-order valence-corrected chi connectivity index (χ3v) is 5.32. The largest absolute Gasteiger partial charge is 0.454 e. The number of piperidine rings is 1. The van der Waals surface area contributed by atoms with E-state index in [1.165, 1.54) is 18.9 Å². The minimum Gasteiger partial charge on any atom is -0.454 e. The van der Waals surface area contributed by atoms with Crippen molar-refractivity contribution in [3.8, 4) is 17.2 Å². The molecule has 0 spiro atoms. The van der Waals surface area contributed by atoms with Gasteiger partial charge in [-0.25, -0.2) is 0 Å². The topological polar surface area (TPSA) is 67.4 Å². The van der Waals surface area contributed by atoms with E-state index in [1.54, 1.807) is 13.1 Å². The van der Waals surface area contributed by atoms with Crippen LogP contribution in [-0.4, -0.2) is 57.0 Å². The molecule has 7 nitrogen and oxygen atoms in total. The van der Waals surface area contributed by atoms with Crippen molar-refractivity contribution in [2.45, 2.75) is 45.9 Å². The average molecular weight is 540 g/mol. The Morgan fingerprint density at radius 2 is 2.03 bits per heavy atom. The van der Waals surface area contributed by atoms with Crippen molar-refractivity contribution in [1.82, 2.24) is 15.5 Å². The van der Waals surface area contributed by atoms with Crippen molar-refractivity contribution in [1.29, 1.82) is 0 Å². The van der Waals surface area contributed by atoms with Crippen LogP contribution in [0.15, 0.2) is 17.1 Å². The van der Waals surface area contributed by atoms with Crippen molar-refractivity contribution in [2.75, 3.05) is 33.5 Å². The van der Waals surface area contributed by atoms with Gasteiger partial charge in [0.1, 0.15) is 5.75 Å². The number of ether oxygens (including phenoxy) is 3. The van der Waals surface area contributed by atoms with Crippen LogP contribution < -0.4 is 24.8 Å². The lowest BCUT2D eigenvalue weighted by Crippen LogP contribution is -2.48. The molecule has 1 aromatic carbocycles. The van der Waals surface area contributed by atoms with Gasteiger partial charge in [0, 0.05) is 44.4 Å². The van der Waals surface area contributed by atoms with Crippen molar-refractivity contribution in [3.63, 3.8) is 0 Å². The summed E-state index contributed by atoms with van der Waals surface area (Å²) in [6.45, 7) is 4.87. The van der Waals surface area contributed by atoms with Crippen molar-refractivity contribution >= 4 is 29.9 Å². The Morgan fingerprint density at radius 3 is 2.70 bits per heavy atom. The molecule has 0 saturated carbocycles. The Hall–Kier alpha value is -1.56. The molecule has 1 saturated heterocycles. The first-order chi connectivity index (χ1) is 14.0. The van der Waals surface area contributed by atoms with Crippen molar-refractivity contribution in [2.24, 2.45) is 10.9 Å². The number of aliphatic imine (C=N–C) groups is 1. The molecule has 0 radical (unpaired) electrons. The van der Waals surface area contributed by atoms with Crippen LogP contribution in [0.2, 0.25) is 0 Å². The van der Waals surface area contributed by atoms with Crippen LogP contribution in [0, 0.1) is 5.92 Å². The van der Waals surface area contributed by atoms with Gasteiger partial charge >= 0.3 is 6.61 Å².